The van der Waals surface area contributed by atoms with Gasteiger partial charge in [0.15, 0.2) is 0 Å². The van der Waals surface area contributed by atoms with E-state index in [9.17, 15) is 5.11 Å². The molecule has 0 saturated carbocycles. The first kappa shape index (κ1) is 13.5. The third kappa shape index (κ3) is 2.18. The number of fused-ring (bicyclic) bond motifs is 1. The molecule has 0 radical (unpaired) electrons. The molecule has 0 spiro atoms. The van der Waals surface area contributed by atoms with E-state index in [2.05, 4.69) is 37.3 Å². The van der Waals surface area contributed by atoms with Gasteiger partial charge in [-0.05, 0) is 37.8 Å². The molecule has 1 unspecified atom stereocenters. The number of nitrogens with two attached hydrogens (primary N) is 1. The standard InChI is InChI=1S/C15H21NOS/c1-14(2,16)15(3,8-9-17)13-10-11-6-4-5-7-12(11)18-13/h4-7,10,17H,8-9,16H2,1-3H3. The van der Waals surface area contributed by atoms with E-state index in [4.69, 9.17) is 5.73 Å². The molecule has 1 heterocycles. The summed E-state index contributed by atoms with van der Waals surface area (Å²) in [5.74, 6) is 0. The van der Waals surface area contributed by atoms with Gasteiger partial charge in [-0.2, -0.15) is 0 Å². The molecular formula is C15H21NOS. The molecule has 1 atom stereocenters. The minimum Gasteiger partial charge on any atom is -0.396 e. The van der Waals surface area contributed by atoms with Crippen molar-refractivity contribution in [1.29, 1.82) is 0 Å². The lowest BCUT2D eigenvalue weighted by Gasteiger charge is -2.41. The van der Waals surface area contributed by atoms with Crippen molar-refractivity contribution in [2.24, 2.45) is 5.73 Å². The molecule has 1 aromatic carbocycles. The minimum absolute atomic E-state index is 0.158. The number of hydrogen-bond donors (Lipinski definition) is 2. The zero-order valence-electron chi connectivity index (χ0n) is 11.2. The monoisotopic (exact) mass is 263 g/mol. The van der Waals surface area contributed by atoms with Crippen LogP contribution < -0.4 is 5.73 Å². The summed E-state index contributed by atoms with van der Waals surface area (Å²) in [6.07, 6.45) is 0.684. The van der Waals surface area contributed by atoms with Crippen molar-refractivity contribution >= 4 is 21.4 Å². The molecule has 3 N–H and O–H groups in total. The fourth-order valence-corrected chi connectivity index (χ4v) is 3.64. The first-order valence-corrected chi connectivity index (χ1v) is 7.09. The molecule has 2 nitrogen and oxygen atoms in total. The van der Waals surface area contributed by atoms with Gasteiger partial charge in [-0.25, -0.2) is 0 Å². The van der Waals surface area contributed by atoms with E-state index in [-0.39, 0.29) is 17.6 Å². The van der Waals surface area contributed by atoms with Crippen molar-refractivity contribution in [3.8, 4) is 0 Å². The zero-order valence-corrected chi connectivity index (χ0v) is 12.1. The Hall–Kier alpha value is -0.900. The van der Waals surface area contributed by atoms with E-state index in [1.807, 2.05) is 13.8 Å². The molecule has 0 saturated heterocycles. The summed E-state index contributed by atoms with van der Waals surface area (Å²) in [5, 5.41) is 10.6. The largest absolute Gasteiger partial charge is 0.396 e. The highest BCUT2D eigenvalue weighted by Gasteiger charge is 2.40. The second-order valence-corrected chi connectivity index (χ2v) is 6.76. The maximum Gasteiger partial charge on any atom is 0.0440 e. The lowest BCUT2D eigenvalue weighted by atomic mass is 9.70. The number of hydrogen-bond acceptors (Lipinski definition) is 3. The van der Waals surface area contributed by atoms with Crippen LogP contribution in [-0.2, 0) is 5.41 Å². The van der Waals surface area contributed by atoms with Crippen LogP contribution in [0.25, 0.3) is 10.1 Å². The number of rotatable bonds is 4. The number of aliphatic hydroxyl groups excluding tert-OH is 1. The van der Waals surface area contributed by atoms with Crippen molar-refractivity contribution in [1.82, 2.24) is 0 Å². The predicted octanol–water partition coefficient (Wildman–Crippen LogP) is 3.28. The number of aliphatic hydroxyl groups is 1. The summed E-state index contributed by atoms with van der Waals surface area (Å²) in [6.45, 7) is 6.37. The van der Waals surface area contributed by atoms with Gasteiger partial charge in [-0.1, -0.05) is 25.1 Å². The van der Waals surface area contributed by atoms with Crippen molar-refractivity contribution in [2.75, 3.05) is 6.61 Å². The summed E-state index contributed by atoms with van der Waals surface area (Å²) in [5.41, 5.74) is 5.78. The SMILES string of the molecule is CC(C)(N)C(C)(CCO)c1cc2ccccc2s1. The molecule has 1 aromatic heterocycles. The number of thiophene rings is 1. The molecule has 18 heavy (non-hydrogen) atoms. The predicted molar refractivity (Wildman–Crippen MR) is 79.1 cm³/mol. The van der Waals surface area contributed by atoms with Crippen LogP contribution in [0.1, 0.15) is 32.1 Å². The summed E-state index contributed by atoms with van der Waals surface area (Å²) < 4.78 is 1.28. The van der Waals surface area contributed by atoms with E-state index in [1.54, 1.807) is 11.3 Å². The average molecular weight is 263 g/mol. The normalized spacial score (nSPS) is 15.8. The van der Waals surface area contributed by atoms with E-state index >= 15 is 0 Å². The van der Waals surface area contributed by atoms with Gasteiger partial charge in [0.05, 0.1) is 0 Å². The summed E-state index contributed by atoms with van der Waals surface area (Å²) >= 11 is 1.78. The Balaban J connectivity index is 2.55. The van der Waals surface area contributed by atoms with Gasteiger partial charge in [0.2, 0.25) is 0 Å². The Kier molecular flexibility index (Phi) is 3.49. The third-order valence-electron chi connectivity index (χ3n) is 4.00. The Labute approximate surface area is 112 Å². The highest BCUT2D eigenvalue weighted by Crippen LogP contribution is 2.42. The van der Waals surface area contributed by atoms with Crippen LogP contribution in [0, 0.1) is 0 Å². The molecular weight excluding hydrogens is 242 g/mol. The second kappa shape index (κ2) is 4.65. The van der Waals surface area contributed by atoms with E-state index in [0.717, 1.165) is 0 Å². The summed E-state index contributed by atoms with van der Waals surface area (Å²) in [6, 6.07) is 10.6. The van der Waals surface area contributed by atoms with Crippen molar-refractivity contribution in [3.63, 3.8) is 0 Å². The van der Waals surface area contributed by atoms with Crippen LogP contribution in [0.3, 0.4) is 0 Å². The van der Waals surface area contributed by atoms with Crippen LogP contribution in [0.4, 0.5) is 0 Å². The lowest BCUT2D eigenvalue weighted by Crippen LogP contribution is -2.52. The lowest BCUT2D eigenvalue weighted by molar-refractivity contribution is 0.193. The van der Waals surface area contributed by atoms with E-state index in [0.29, 0.717) is 6.42 Å². The van der Waals surface area contributed by atoms with Crippen LogP contribution in [-0.4, -0.2) is 17.3 Å². The minimum atomic E-state index is -0.364. The first-order chi connectivity index (χ1) is 8.38. The Bertz CT molecular complexity index is 508. The molecule has 2 aromatic rings. The molecule has 0 amide bonds. The molecule has 0 bridgehead atoms. The van der Waals surface area contributed by atoms with Gasteiger partial charge in [0, 0.05) is 27.1 Å². The molecule has 0 aliphatic heterocycles. The van der Waals surface area contributed by atoms with Gasteiger partial charge >= 0.3 is 0 Å². The maximum absolute atomic E-state index is 9.35. The van der Waals surface area contributed by atoms with Gasteiger partial charge < -0.3 is 10.8 Å². The second-order valence-electron chi connectivity index (χ2n) is 5.68. The zero-order chi connectivity index (χ0) is 13.4. The van der Waals surface area contributed by atoms with E-state index in [1.165, 1.54) is 15.0 Å². The van der Waals surface area contributed by atoms with Crippen molar-refractivity contribution in [2.45, 2.75) is 38.1 Å². The Morgan fingerprint density at radius 1 is 1.22 bits per heavy atom. The van der Waals surface area contributed by atoms with Gasteiger partial charge in [0.25, 0.3) is 0 Å². The third-order valence-corrected chi connectivity index (χ3v) is 5.38. The molecule has 3 heteroatoms. The van der Waals surface area contributed by atoms with Crippen LogP contribution in [0.15, 0.2) is 30.3 Å². The van der Waals surface area contributed by atoms with Gasteiger partial charge in [-0.15, -0.1) is 11.3 Å². The molecule has 2 rings (SSSR count). The van der Waals surface area contributed by atoms with Crippen LogP contribution >= 0.6 is 11.3 Å². The summed E-state index contributed by atoms with van der Waals surface area (Å²) in [4.78, 5) is 1.25. The average Bonchev–Trinajstić information content (AvgIpc) is 2.71. The first-order valence-electron chi connectivity index (χ1n) is 6.27. The molecule has 98 valence electrons. The van der Waals surface area contributed by atoms with Crippen LogP contribution in [0.5, 0.6) is 0 Å². The van der Waals surface area contributed by atoms with Crippen LogP contribution in [0.2, 0.25) is 0 Å². The fourth-order valence-electron chi connectivity index (χ4n) is 2.24. The van der Waals surface area contributed by atoms with Crippen molar-refractivity contribution in [3.05, 3.63) is 35.2 Å². The van der Waals surface area contributed by atoms with Gasteiger partial charge in [-0.3, -0.25) is 0 Å². The maximum atomic E-state index is 9.35. The Morgan fingerprint density at radius 2 is 1.89 bits per heavy atom. The smallest absolute Gasteiger partial charge is 0.0440 e. The molecule has 0 fully saturated rings. The number of benzene rings is 1. The molecule has 0 aliphatic carbocycles. The van der Waals surface area contributed by atoms with Gasteiger partial charge in [0.1, 0.15) is 0 Å². The molecule has 0 aliphatic rings. The quantitative estimate of drug-likeness (QED) is 0.889. The highest BCUT2D eigenvalue weighted by molar-refractivity contribution is 7.19. The highest BCUT2D eigenvalue weighted by atomic mass is 32.1. The summed E-state index contributed by atoms with van der Waals surface area (Å²) in [7, 11) is 0. The topological polar surface area (TPSA) is 46.2 Å². The Morgan fingerprint density at radius 3 is 2.44 bits per heavy atom. The van der Waals surface area contributed by atoms with Crippen molar-refractivity contribution < 1.29 is 5.11 Å². The fraction of sp³-hybridized carbons (Fsp3) is 0.467. The van der Waals surface area contributed by atoms with E-state index < -0.39 is 0 Å².